The average Bonchev–Trinajstić information content (AvgIpc) is 2.50. The molecule has 24 heavy (non-hydrogen) atoms. The van der Waals surface area contributed by atoms with Crippen LogP contribution in [-0.4, -0.2) is 28.6 Å². The number of aromatic hydroxyl groups is 1. The summed E-state index contributed by atoms with van der Waals surface area (Å²) in [5, 5.41) is 18.5. The van der Waals surface area contributed by atoms with Crippen molar-refractivity contribution in [1.82, 2.24) is 0 Å². The van der Waals surface area contributed by atoms with Gasteiger partial charge in [-0.25, -0.2) is 4.79 Å². The van der Waals surface area contributed by atoms with Crippen molar-refractivity contribution >= 4 is 102 Å². The zero-order valence-corrected chi connectivity index (χ0v) is 20.3. The minimum Gasteiger partial charge on any atom is -0.506 e. The van der Waals surface area contributed by atoms with E-state index in [1.54, 1.807) is 24.3 Å². The molecule has 0 saturated carbocycles. The number of carboxylic acid groups (broad SMARTS) is 1. The van der Waals surface area contributed by atoms with Gasteiger partial charge in [0.25, 0.3) is 0 Å². The highest BCUT2D eigenvalue weighted by atomic mass is 127. The predicted octanol–water partition coefficient (Wildman–Crippen LogP) is 4.51. The van der Waals surface area contributed by atoms with Gasteiger partial charge >= 0.3 is 5.97 Å². The van der Waals surface area contributed by atoms with Crippen LogP contribution in [0.15, 0.2) is 24.3 Å². The Kier molecular flexibility index (Phi) is 7.36. The van der Waals surface area contributed by atoms with Gasteiger partial charge in [0.05, 0.1) is 14.3 Å². The summed E-state index contributed by atoms with van der Waals surface area (Å²) in [6, 6.07) is 6.59. The number of rotatable bonds is 5. The first-order valence-corrected chi connectivity index (χ1v) is 10.6. The molecule has 0 radical (unpaired) electrons. The van der Waals surface area contributed by atoms with E-state index in [1.807, 2.05) is 90.4 Å². The third kappa shape index (κ3) is 4.84. The third-order valence-electron chi connectivity index (χ3n) is 2.88. The second kappa shape index (κ2) is 8.66. The summed E-state index contributed by atoms with van der Waals surface area (Å²) >= 11 is 7.98. The van der Waals surface area contributed by atoms with Gasteiger partial charge in [-0.2, -0.15) is 0 Å². The molecule has 0 spiro atoms. The molecule has 0 aliphatic heterocycles. The summed E-state index contributed by atoms with van der Waals surface area (Å²) in [5.41, 5.74) is 0.955. The van der Waals surface area contributed by atoms with Crippen LogP contribution in [0.5, 0.6) is 11.5 Å². The van der Waals surface area contributed by atoms with Crippen LogP contribution in [-0.2, 0) is 4.79 Å². The number of ketones is 1. The molecular weight excluding hydrogens is 768 g/mol. The fourth-order valence-corrected chi connectivity index (χ4v) is 5.67. The summed E-state index contributed by atoms with van der Waals surface area (Å²) in [7, 11) is 0. The summed E-state index contributed by atoms with van der Waals surface area (Å²) in [4.78, 5) is 23.4. The van der Waals surface area contributed by atoms with Crippen LogP contribution in [0.1, 0.15) is 15.9 Å². The standard InChI is InChI=1S/C15H8I4O5/c16-8-1-6(2-9(17)14(8)23)13(22)7-3-10(18)15(11(19)4-7)24-5-12(20)21/h1-4,23H,5H2,(H,20,21). The van der Waals surface area contributed by atoms with Gasteiger partial charge in [0.15, 0.2) is 12.4 Å². The third-order valence-corrected chi connectivity index (χ3v) is 6.13. The highest BCUT2D eigenvalue weighted by Gasteiger charge is 2.18. The Bertz CT molecular complexity index is 789. The molecule has 0 fully saturated rings. The molecule has 0 bridgehead atoms. The van der Waals surface area contributed by atoms with Crippen LogP contribution in [0.3, 0.4) is 0 Å². The lowest BCUT2D eigenvalue weighted by Crippen LogP contribution is -2.12. The Balaban J connectivity index is 2.39. The normalized spacial score (nSPS) is 10.5. The van der Waals surface area contributed by atoms with E-state index in [-0.39, 0.29) is 11.5 Å². The van der Waals surface area contributed by atoms with Gasteiger partial charge in [-0.15, -0.1) is 0 Å². The molecule has 0 amide bonds. The van der Waals surface area contributed by atoms with Crippen LogP contribution in [0.2, 0.25) is 0 Å². The highest BCUT2D eigenvalue weighted by Crippen LogP contribution is 2.32. The number of halogens is 4. The molecule has 0 unspecified atom stereocenters. The monoisotopic (exact) mass is 776 g/mol. The van der Waals surface area contributed by atoms with E-state index in [4.69, 9.17) is 9.84 Å². The SMILES string of the molecule is O=C(O)COc1c(I)cc(C(=O)c2cc(I)c(O)c(I)c2)cc1I. The Morgan fingerprint density at radius 1 is 0.875 bits per heavy atom. The van der Waals surface area contributed by atoms with E-state index < -0.39 is 12.6 Å². The van der Waals surface area contributed by atoms with Gasteiger partial charge in [0.2, 0.25) is 0 Å². The zero-order chi connectivity index (χ0) is 18.0. The number of benzene rings is 2. The lowest BCUT2D eigenvalue weighted by molar-refractivity contribution is -0.139. The molecule has 0 heterocycles. The number of ether oxygens (including phenoxy) is 1. The van der Waals surface area contributed by atoms with Crippen LogP contribution in [0, 0.1) is 14.3 Å². The molecule has 2 aromatic carbocycles. The number of phenolic OH excluding ortho intramolecular Hbond substituents is 1. The molecular formula is C15H8I4O5. The number of hydrogen-bond donors (Lipinski definition) is 2. The summed E-state index contributed by atoms with van der Waals surface area (Å²) < 4.78 is 7.79. The maximum absolute atomic E-state index is 12.7. The number of carbonyl (C=O) groups excluding carboxylic acids is 1. The number of carboxylic acids is 1. The maximum atomic E-state index is 12.7. The van der Waals surface area contributed by atoms with Crippen LogP contribution >= 0.6 is 90.4 Å². The van der Waals surface area contributed by atoms with Crippen molar-refractivity contribution in [3.8, 4) is 11.5 Å². The van der Waals surface area contributed by atoms with E-state index in [1.165, 1.54) is 0 Å². The highest BCUT2D eigenvalue weighted by molar-refractivity contribution is 14.1. The first-order chi connectivity index (χ1) is 11.2. The van der Waals surface area contributed by atoms with Crippen molar-refractivity contribution in [3.63, 3.8) is 0 Å². The molecule has 2 N–H and O–H groups in total. The van der Waals surface area contributed by atoms with Crippen molar-refractivity contribution in [3.05, 3.63) is 49.7 Å². The molecule has 9 heteroatoms. The van der Waals surface area contributed by atoms with Crippen LogP contribution < -0.4 is 4.74 Å². The zero-order valence-electron chi connectivity index (χ0n) is 11.6. The number of aliphatic carboxylic acids is 1. The molecule has 0 aromatic heterocycles. The number of hydrogen-bond acceptors (Lipinski definition) is 4. The quantitative estimate of drug-likeness (QED) is 0.346. The second-order valence-corrected chi connectivity index (χ2v) is 9.22. The Morgan fingerprint density at radius 3 is 1.71 bits per heavy atom. The van der Waals surface area contributed by atoms with E-state index in [2.05, 4.69) is 0 Å². The smallest absolute Gasteiger partial charge is 0.341 e. The molecule has 0 atom stereocenters. The lowest BCUT2D eigenvalue weighted by atomic mass is 10.0. The Labute approximate surface area is 192 Å². The number of phenols is 1. The van der Waals surface area contributed by atoms with E-state index in [0.29, 0.717) is 31.2 Å². The molecule has 2 rings (SSSR count). The van der Waals surface area contributed by atoms with Gasteiger partial charge in [-0.1, -0.05) is 0 Å². The summed E-state index contributed by atoms with van der Waals surface area (Å²) in [6.07, 6.45) is 0. The largest absolute Gasteiger partial charge is 0.506 e. The Hall–Kier alpha value is 0.1000. The maximum Gasteiger partial charge on any atom is 0.341 e. The van der Waals surface area contributed by atoms with Crippen molar-refractivity contribution in [2.75, 3.05) is 6.61 Å². The fraction of sp³-hybridized carbons (Fsp3) is 0.0667. The minimum atomic E-state index is -1.06. The topological polar surface area (TPSA) is 83.8 Å². The van der Waals surface area contributed by atoms with Crippen LogP contribution in [0.4, 0.5) is 0 Å². The lowest BCUT2D eigenvalue weighted by Gasteiger charge is -2.11. The van der Waals surface area contributed by atoms with Gasteiger partial charge in [0.1, 0.15) is 11.5 Å². The molecule has 5 nitrogen and oxygen atoms in total. The molecule has 0 aliphatic rings. The number of carbonyl (C=O) groups is 2. The van der Waals surface area contributed by atoms with Gasteiger partial charge in [0, 0.05) is 11.1 Å². The van der Waals surface area contributed by atoms with E-state index >= 15 is 0 Å². The summed E-state index contributed by atoms with van der Waals surface area (Å²) in [6.45, 7) is -0.437. The summed E-state index contributed by atoms with van der Waals surface area (Å²) in [5.74, 6) is -0.624. The van der Waals surface area contributed by atoms with E-state index in [9.17, 15) is 14.7 Å². The fourth-order valence-electron chi connectivity index (χ4n) is 1.83. The van der Waals surface area contributed by atoms with Gasteiger partial charge in [-0.05, 0) is 115 Å². The van der Waals surface area contributed by atoms with Crippen molar-refractivity contribution < 1.29 is 24.5 Å². The minimum absolute atomic E-state index is 0.161. The average molecular weight is 776 g/mol. The van der Waals surface area contributed by atoms with Gasteiger partial charge < -0.3 is 14.9 Å². The molecule has 0 aliphatic carbocycles. The van der Waals surface area contributed by atoms with E-state index in [0.717, 1.165) is 0 Å². The Morgan fingerprint density at radius 2 is 1.29 bits per heavy atom. The van der Waals surface area contributed by atoms with Gasteiger partial charge in [-0.3, -0.25) is 4.79 Å². The van der Waals surface area contributed by atoms with Crippen molar-refractivity contribution in [1.29, 1.82) is 0 Å². The molecule has 126 valence electrons. The first kappa shape index (κ1) is 20.4. The molecule has 2 aromatic rings. The van der Waals surface area contributed by atoms with Crippen molar-refractivity contribution in [2.24, 2.45) is 0 Å². The first-order valence-electron chi connectivity index (χ1n) is 6.27. The second-order valence-electron chi connectivity index (χ2n) is 4.57. The van der Waals surface area contributed by atoms with Crippen molar-refractivity contribution in [2.45, 2.75) is 0 Å². The molecule has 0 saturated heterocycles. The predicted molar refractivity (Wildman–Crippen MR) is 122 cm³/mol. The van der Waals surface area contributed by atoms with Crippen LogP contribution in [0.25, 0.3) is 0 Å².